The van der Waals surface area contributed by atoms with Crippen LogP contribution in [0.1, 0.15) is 51.4 Å². The van der Waals surface area contributed by atoms with Crippen LogP contribution in [0.25, 0.3) is 0 Å². The SMILES string of the molecule is S=P12C3=CC=CC=CC=C3OC3=C1C(CC=CC=C3)OC1CCCCCCCC12. The maximum atomic E-state index is 6.82. The molecule has 152 valence electrons. The molecule has 1 saturated carbocycles. The van der Waals surface area contributed by atoms with Gasteiger partial charge in [-0.3, -0.25) is 0 Å². The van der Waals surface area contributed by atoms with Gasteiger partial charge in [-0.2, -0.15) is 0 Å². The molecule has 4 heteroatoms. The van der Waals surface area contributed by atoms with Crippen molar-refractivity contribution in [1.82, 2.24) is 0 Å². The van der Waals surface area contributed by atoms with E-state index in [1.54, 1.807) is 0 Å². The van der Waals surface area contributed by atoms with Crippen LogP contribution in [0.15, 0.2) is 82.9 Å². The average Bonchev–Trinajstić information content (AvgIpc) is 2.78. The van der Waals surface area contributed by atoms with E-state index in [-0.39, 0.29) is 12.2 Å². The first kappa shape index (κ1) is 19.5. The van der Waals surface area contributed by atoms with E-state index in [9.17, 15) is 0 Å². The zero-order valence-electron chi connectivity index (χ0n) is 16.8. The molecule has 0 amide bonds. The third-order valence-electron chi connectivity index (χ3n) is 6.65. The van der Waals surface area contributed by atoms with Gasteiger partial charge in [0.15, 0.2) is 0 Å². The van der Waals surface area contributed by atoms with Crippen molar-refractivity contribution in [1.29, 1.82) is 0 Å². The summed E-state index contributed by atoms with van der Waals surface area (Å²) in [5.41, 5.74) is 0.420. The van der Waals surface area contributed by atoms with Crippen molar-refractivity contribution in [3.05, 3.63) is 82.9 Å². The highest BCUT2D eigenvalue weighted by molar-refractivity contribution is 8.19. The lowest BCUT2D eigenvalue weighted by molar-refractivity contribution is -0.00532. The lowest BCUT2D eigenvalue weighted by Gasteiger charge is -2.50. The number of hydrogen-bond acceptors (Lipinski definition) is 3. The third-order valence-corrected chi connectivity index (χ3v) is 12.5. The van der Waals surface area contributed by atoms with Gasteiger partial charge in [-0.05, 0) is 37.5 Å². The lowest BCUT2D eigenvalue weighted by Crippen LogP contribution is -2.42. The quantitative estimate of drug-likeness (QED) is 0.390. The predicted octanol–water partition coefficient (Wildman–Crippen LogP) is 7.00. The Balaban J connectivity index is 1.72. The summed E-state index contributed by atoms with van der Waals surface area (Å²) in [6.45, 7) is 0. The van der Waals surface area contributed by atoms with E-state index in [4.69, 9.17) is 21.3 Å². The second-order valence-corrected chi connectivity index (χ2v) is 13.1. The second kappa shape index (κ2) is 8.38. The van der Waals surface area contributed by atoms with Crippen LogP contribution in [-0.2, 0) is 21.3 Å². The van der Waals surface area contributed by atoms with Gasteiger partial charge < -0.3 is 9.47 Å². The molecule has 2 heterocycles. The number of fused-ring (bicyclic) bond motifs is 4. The van der Waals surface area contributed by atoms with E-state index in [0.717, 1.165) is 24.4 Å². The van der Waals surface area contributed by atoms with Gasteiger partial charge in [0.05, 0.1) is 12.2 Å². The van der Waals surface area contributed by atoms with Gasteiger partial charge in [0.2, 0.25) is 0 Å². The standard InChI is InChI=1S/C25H29O2PS/c29-28-23-17-11-3-1-2-7-13-19(23)26-21-15-9-6-10-16-22(25(21)28)27-20-14-8-4-5-12-18-24(20)28/h4-6,8-10,12,14,16,18-19,21,23H,1-3,7,11,13,15,17H2. The van der Waals surface area contributed by atoms with Crippen molar-refractivity contribution < 1.29 is 9.47 Å². The van der Waals surface area contributed by atoms with Crippen molar-refractivity contribution in [2.45, 2.75) is 69.2 Å². The fourth-order valence-corrected chi connectivity index (χ4v) is 11.1. The minimum atomic E-state index is -2.03. The molecule has 0 bridgehead atoms. The fourth-order valence-electron chi connectivity index (χ4n) is 5.31. The van der Waals surface area contributed by atoms with Crippen LogP contribution >= 0.6 is 6.04 Å². The molecule has 4 unspecified atom stereocenters. The van der Waals surface area contributed by atoms with Crippen molar-refractivity contribution >= 4 is 17.8 Å². The zero-order chi connectivity index (χ0) is 19.7. The van der Waals surface area contributed by atoms with Gasteiger partial charge in [0.1, 0.15) is 11.5 Å². The van der Waals surface area contributed by atoms with Gasteiger partial charge in [-0.15, -0.1) is 0 Å². The molecule has 2 fully saturated rings. The summed E-state index contributed by atoms with van der Waals surface area (Å²) < 4.78 is 13.3. The van der Waals surface area contributed by atoms with Crippen LogP contribution in [0.4, 0.5) is 0 Å². The van der Waals surface area contributed by atoms with Gasteiger partial charge in [0.25, 0.3) is 0 Å². The predicted molar refractivity (Wildman–Crippen MR) is 125 cm³/mol. The molecule has 0 spiro atoms. The van der Waals surface area contributed by atoms with Crippen molar-refractivity contribution in [3.8, 4) is 0 Å². The van der Waals surface area contributed by atoms with Crippen LogP contribution < -0.4 is 0 Å². The Hall–Kier alpha value is -1.41. The summed E-state index contributed by atoms with van der Waals surface area (Å²) in [6.07, 6.45) is 31.2. The Morgan fingerprint density at radius 1 is 0.862 bits per heavy atom. The van der Waals surface area contributed by atoms with E-state index < -0.39 is 6.04 Å². The molecule has 29 heavy (non-hydrogen) atoms. The Morgan fingerprint density at radius 3 is 2.55 bits per heavy atom. The zero-order valence-corrected chi connectivity index (χ0v) is 18.5. The second-order valence-electron chi connectivity index (χ2n) is 8.46. The molecule has 3 aliphatic carbocycles. The van der Waals surface area contributed by atoms with E-state index in [2.05, 4.69) is 54.7 Å². The first-order chi connectivity index (χ1) is 14.3. The summed E-state index contributed by atoms with van der Waals surface area (Å²) in [5.74, 6) is 1.89. The lowest BCUT2D eigenvalue weighted by atomic mass is 10.0. The maximum Gasteiger partial charge on any atom is 0.136 e. The van der Waals surface area contributed by atoms with Crippen LogP contribution in [0.3, 0.4) is 0 Å². The Morgan fingerprint density at radius 2 is 1.66 bits per heavy atom. The highest BCUT2D eigenvalue weighted by Gasteiger charge is 2.52. The average molecular weight is 425 g/mol. The van der Waals surface area contributed by atoms with E-state index >= 15 is 0 Å². The molecule has 0 radical (unpaired) electrons. The summed E-state index contributed by atoms with van der Waals surface area (Å²) in [6, 6.07) is -2.03. The topological polar surface area (TPSA) is 18.5 Å². The van der Waals surface area contributed by atoms with Gasteiger partial charge in [-0.1, -0.05) is 86.4 Å². The minimum Gasteiger partial charge on any atom is -0.456 e. The van der Waals surface area contributed by atoms with E-state index in [1.807, 2.05) is 6.08 Å². The molecule has 0 aromatic rings. The first-order valence-corrected chi connectivity index (χ1v) is 13.9. The van der Waals surface area contributed by atoms with Crippen LogP contribution in [0, 0.1) is 0 Å². The van der Waals surface area contributed by atoms with Crippen LogP contribution in [0.2, 0.25) is 0 Å². The monoisotopic (exact) mass is 424 g/mol. The number of ether oxygens (including phenoxy) is 2. The molecule has 5 aliphatic rings. The fraction of sp³-hybridized carbons (Fsp3) is 0.440. The molecule has 2 nitrogen and oxygen atoms in total. The van der Waals surface area contributed by atoms with Crippen molar-refractivity contribution in [2.75, 3.05) is 0 Å². The van der Waals surface area contributed by atoms with E-state index in [1.165, 1.54) is 49.2 Å². The summed E-state index contributed by atoms with van der Waals surface area (Å²) in [5, 5.41) is 2.54. The molecular formula is C25H29O2PS. The Kier molecular flexibility index (Phi) is 5.65. The van der Waals surface area contributed by atoms with Gasteiger partial charge in [0, 0.05) is 22.3 Å². The summed E-state index contributed by atoms with van der Waals surface area (Å²) in [7, 11) is 0. The Bertz CT molecular complexity index is 930. The molecular weight excluding hydrogens is 395 g/mol. The van der Waals surface area contributed by atoms with E-state index in [0.29, 0.717) is 5.66 Å². The summed E-state index contributed by atoms with van der Waals surface area (Å²) in [4.78, 5) is 0. The highest BCUT2D eigenvalue weighted by Crippen LogP contribution is 2.75. The highest BCUT2D eigenvalue weighted by atomic mass is 32.4. The molecule has 0 aromatic carbocycles. The smallest absolute Gasteiger partial charge is 0.136 e. The molecule has 0 N–H and O–H groups in total. The maximum absolute atomic E-state index is 6.82. The molecule has 2 aliphatic heterocycles. The van der Waals surface area contributed by atoms with Crippen molar-refractivity contribution in [3.63, 3.8) is 0 Å². The molecule has 5 rings (SSSR count). The number of hydrogen-bond donors (Lipinski definition) is 0. The number of rotatable bonds is 0. The first-order valence-electron chi connectivity index (χ1n) is 11.1. The number of allylic oxidation sites excluding steroid dienone is 10. The van der Waals surface area contributed by atoms with Crippen LogP contribution in [0.5, 0.6) is 0 Å². The molecule has 0 aromatic heterocycles. The Labute approximate surface area is 179 Å². The largest absolute Gasteiger partial charge is 0.456 e. The molecule has 1 saturated heterocycles. The van der Waals surface area contributed by atoms with Crippen molar-refractivity contribution in [2.24, 2.45) is 0 Å². The normalized spacial score (nSPS) is 36.3. The van der Waals surface area contributed by atoms with Gasteiger partial charge >= 0.3 is 0 Å². The third kappa shape index (κ3) is 3.52. The molecule has 4 atom stereocenters. The minimum absolute atomic E-state index is 0.0476. The van der Waals surface area contributed by atoms with Crippen LogP contribution in [-0.4, -0.2) is 17.9 Å². The summed E-state index contributed by atoms with van der Waals surface area (Å²) >= 11 is 6.80. The van der Waals surface area contributed by atoms with Gasteiger partial charge in [-0.25, -0.2) is 0 Å².